The first-order valence-corrected chi connectivity index (χ1v) is 17.4. The third-order valence-corrected chi connectivity index (χ3v) is 10.2. The van der Waals surface area contributed by atoms with Crippen LogP contribution in [0.15, 0.2) is 66.7 Å². The van der Waals surface area contributed by atoms with Crippen LogP contribution >= 0.6 is 0 Å². The van der Waals surface area contributed by atoms with Gasteiger partial charge in [-0.05, 0) is 69.1 Å². The Hall–Kier alpha value is -4.28. The van der Waals surface area contributed by atoms with E-state index in [1.165, 1.54) is 5.56 Å². The number of rotatable bonds is 11. The minimum atomic E-state index is -0.117. The molecule has 0 saturated carbocycles. The molecule has 7 rings (SSSR count). The number of aromatic nitrogens is 2. The van der Waals surface area contributed by atoms with Crippen LogP contribution in [0.1, 0.15) is 42.1 Å². The van der Waals surface area contributed by atoms with Gasteiger partial charge in [0.25, 0.3) is 5.91 Å². The lowest BCUT2D eigenvalue weighted by Crippen LogP contribution is -2.39. The molecule has 3 aliphatic heterocycles. The van der Waals surface area contributed by atoms with Crippen molar-refractivity contribution in [2.24, 2.45) is 0 Å². The molecule has 1 aromatic heterocycles. The molecule has 3 aromatic carbocycles. The number of ether oxygens (including phenoxy) is 4. The number of benzene rings is 3. The molecule has 254 valence electrons. The SMILES string of the molecule is CCOCCn1c(N2CCCN(CCC3(c4ccccc4)CCN(C(=O)c4cc(OC)c5c(c4)OCCO5)C3)CC2)nc2ccccc21. The smallest absolute Gasteiger partial charge is 0.254 e. The lowest BCUT2D eigenvalue weighted by molar-refractivity contribution is 0.0779. The highest BCUT2D eigenvalue weighted by Crippen LogP contribution is 2.42. The van der Waals surface area contributed by atoms with Crippen LogP contribution in [0.4, 0.5) is 5.95 Å². The summed E-state index contributed by atoms with van der Waals surface area (Å²) in [6, 6.07) is 22.8. The normalized spacial score (nSPS) is 19.9. The van der Waals surface area contributed by atoms with Gasteiger partial charge in [0.05, 0.1) is 24.8 Å². The maximum Gasteiger partial charge on any atom is 0.254 e. The van der Waals surface area contributed by atoms with Crippen LogP contribution in [0, 0.1) is 0 Å². The van der Waals surface area contributed by atoms with Crippen molar-refractivity contribution in [3.63, 3.8) is 0 Å². The van der Waals surface area contributed by atoms with Crippen molar-refractivity contribution in [1.29, 1.82) is 0 Å². The highest BCUT2D eigenvalue weighted by molar-refractivity contribution is 5.96. The van der Waals surface area contributed by atoms with E-state index < -0.39 is 0 Å². The van der Waals surface area contributed by atoms with Gasteiger partial charge < -0.3 is 38.2 Å². The molecule has 0 N–H and O–H groups in total. The van der Waals surface area contributed by atoms with E-state index >= 15 is 0 Å². The highest BCUT2D eigenvalue weighted by atomic mass is 16.6. The number of anilines is 1. The number of fused-ring (bicyclic) bond motifs is 2. The summed E-state index contributed by atoms with van der Waals surface area (Å²) in [5.74, 6) is 2.71. The van der Waals surface area contributed by atoms with Crippen LogP contribution in [-0.2, 0) is 16.7 Å². The molecule has 3 aliphatic rings. The van der Waals surface area contributed by atoms with Gasteiger partial charge in [0.1, 0.15) is 13.2 Å². The number of para-hydroxylation sites is 2. The second kappa shape index (κ2) is 14.5. The maximum absolute atomic E-state index is 14.0. The van der Waals surface area contributed by atoms with Crippen molar-refractivity contribution in [2.75, 3.05) is 84.3 Å². The van der Waals surface area contributed by atoms with E-state index in [2.05, 4.69) is 69.0 Å². The van der Waals surface area contributed by atoms with Gasteiger partial charge in [0.15, 0.2) is 11.5 Å². The standard InChI is InChI=1S/C38H47N5O5/c1-3-46-23-22-43-32-13-8-7-12-31(32)39-37(43)41-17-9-16-40(20-21-41)18-14-38(30-10-5-4-6-11-30)15-19-42(28-38)36(44)29-26-33(45-2)35-34(27-29)47-24-25-48-35/h4-8,10-13,26-27H,3,9,14-25,28H2,1-2H3. The summed E-state index contributed by atoms with van der Waals surface area (Å²) in [6.07, 6.45) is 2.98. The van der Waals surface area contributed by atoms with Gasteiger partial charge in [-0.2, -0.15) is 0 Å². The summed E-state index contributed by atoms with van der Waals surface area (Å²) in [6.45, 7) is 11.4. The summed E-state index contributed by atoms with van der Waals surface area (Å²) in [7, 11) is 1.60. The molecule has 2 saturated heterocycles. The van der Waals surface area contributed by atoms with Gasteiger partial charge >= 0.3 is 0 Å². The lowest BCUT2D eigenvalue weighted by atomic mass is 9.76. The molecule has 10 nitrogen and oxygen atoms in total. The van der Waals surface area contributed by atoms with Crippen LogP contribution in [0.5, 0.6) is 17.2 Å². The molecule has 1 unspecified atom stereocenters. The Morgan fingerprint density at radius 2 is 1.77 bits per heavy atom. The third kappa shape index (κ3) is 6.56. The number of nitrogens with zero attached hydrogens (tertiary/aromatic N) is 5. The fraction of sp³-hybridized carbons (Fsp3) is 0.474. The van der Waals surface area contributed by atoms with E-state index in [-0.39, 0.29) is 11.3 Å². The summed E-state index contributed by atoms with van der Waals surface area (Å²) in [4.78, 5) is 26.1. The zero-order valence-electron chi connectivity index (χ0n) is 28.2. The van der Waals surface area contributed by atoms with Crippen molar-refractivity contribution in [1.82, 2.24) is 19.4 Å². The largest absolute Gasteiger partial charge is 0.493 e. The van der Waals surface area contributed by atoms with E-state index in [0.29, 0.717) is 62.3 Å². The number of likely N-dealkylation sites (tertiary alicyclic amines) is 1. The monoisotopic (exact) mass is 653 g/mol. The summed E-state index contributed by atoms with van der Waals surface area (Å²) in [5, 5.41) is 0. The van der Waals surface area contributed by atoms with E-state index in [4.69, 9.17) is 23.9 Å². The van der Waals surface area contributed by atoms with E-state index in [0.717, 1.165) is 75.5 Å². The zero-order valence-corrected chi connectivity index (χ0v) is 28.2. The van der Waals surface area contributed by atoms with Crippen molar-refractivity contribution in [3.05, 3.63) is 77.9 Å². The summed E-state index contributed by atoms with van der Waals surface area (Å²) in [5.41, 5.74) is 3.95. The minimum absolute atomic E-state index is 0.000666. The average molecular weight is 654 g/mol. The topological polar surface area (TPSA) is 81.5 Å². The predicted octanol–water partition coefficient (Wildman–Crippen LogP) is 5.24. The van der Waals surface area contributed by atoms with Gasteiger partial charge in [0.2, 0.25) is 11.7 Å². The van der Waals surface area contributed by atoms with Crippen molar-refractivity contribution < 1.29 is 23.7 Å². The van der Waals surface area contributed by atoms with Crippen molar-refractivity contribution >= 4 is 22.9 Å². The number of carbonyl (C=O) groups is 1. The molecule has 48 heavy (non-hydrogen) atoms. The molecule has 2 fully saturated rings. The number of methoxy groups -OCH3 is 1. The summed E-state index contributed by atoms with van der Waals surface area (Å²) >= 11 is 0. The molecular formula is C38H47N5O5. The van der Waals surface area contributed by atoms with Crippen LogP contribution in [0.2, 0.25) is 0 Å². The fourth-order valence-electron chi connectivity index (χ4n) is 7.59. The Morgan fingerprint density at radius 1 is 0.938 bits per heavy atom. The lowest BCUT2D eigenvalue weighted by Gasteiger charge is -2.33. The number of hydrogen-bond donors (Lipinski definition) is 0. The minimum Gasteiger partial charge on any atom is -0.493 e. The van der Waals surface area contributed by atoms with Gasteiger partial charge in [0, 0.05) is 56.9 Å². The second-order valence-electron chi connectivity index (χ2n) is 13.0. The molecule has 1 atom stereocenters. The Labute approximate surface area is 283 Å². The van der Waals surface area contributed by atoms with E-state index in [1.807, 2.05) is 11.8 Å². The Kier molecular flexibility index (Phi) is 9.72. The molecular weight excluding hydrogens is 606 g/mol. The number of hydrogen-bond acceptors (Lipinski definition) is 8. The average Bonchev–Trinajstić information content (AvgIpc) is 3.65. The Bertz CT molecular complexity index is 1690. The molecule has 0 spiro atoms. The quantitative estimate of drug-likeness (QED) is 0.204. The maximum atomic E-state index is 14.0. The van der Waals surface area contributed by atoms with Gasteiger partial charge in [-0.25, -0.2) is 4.98 Å². The van der Waals surface area contributed by atoms with Gasteiger partial charge in [-0.1, -0.05) is 42.5 Å². The van der Waals surface area contributed by atoms with Crippen LogP contribution in [-0.4, -0.2) is 105 Å². The highest BCUT2D eigenvalue weighted by Gasteiger charge is 2.42. The van der Waals surface area contributed by atoms with Crippen LogP contribution < -0.4 is 19.1 Å². The molecule has 0 radical (unpaired) electrons. The first kappa shape index (κ1) is 32.3. The molecule has 0 aliphatic carbocycles. The Morgan fingerprint density at radius 3 is 2.62 bits per heavy atom. The molecule has 4 heterocycles. The summed E-state index contributed by atoms with van der Waals surface area (Å²) < 4.78 is 25.2. The van der Waals surface area contributed by atoms with Crippen LogP contribution in [0.25, 0.3) is 11.0 Å². The zero-order chi connectivity index (χ0) is 32.9. The van der Waals surface area contributed by atoms with E-state index in [9.17, 15) is 4.79 Å². The Balaban J connectivity index is 1.05. The van der Waals surface area contributed by atoms with Gasteiger partial charge in [-0.15, -0.1) is 0 Å². The van der Waals surface area contributed by atoms with Crippen molar-refractivity contribution in [3.8, 4) is 17.2 Å². The first-order chi connectivity index (χ1) is 23.6. The van der Waals surface area contributed by atoms with Crippen molar-refractivity contribution in [2.45, 2.75) is 38.1 Å². The molecule has 0 bridgehead atoms. The molecule has 10 heteroatoms. The third-order valence-electron chi connectivity index (χ3n) is 10.2. The fourth-order valence-corrected chi connectivity index (χ4v) is 7.59. The van der Waals surface area contributed by atoms with E-state index in [1.54, 1.807) is 19.2 Å². The van der Waals surface area contributed by atoms with Gasteiger partial charge in [-0.3, -0.25) is 4.79 Å². The molecule has 4 aromatic rings. The first-order valence-electron chi connectivity index (χ1n) is 17.4. The predicted molar refractivity (Wildman–Crippen MR) is 187 cm³/mol. The molecule has 1 amide bonds. The van der Waals surface area contributed by atoms with Crippen LogP contribution in [0.3, 0.4) is 0 Å². The second-order valence-corrected chi connectivity index (χ2v) is 13.0. The number of amides is 1. The number of carbonyl (C=O) groups excluding carboxylic acids is 1. The number of imidazole rings is 1.